The number of benzene rings is 2. The maximum Gasteiger partial charge on any atom is 0.338 e. The molecule has 0 spiro atoms. The summed E-state index contributed by atoms with van der Waals surface area (Å²) in [4.78, 5) is 11.7. The molecule has 19 heavy (non-hydrogen) atoms. The van der Waals surface area contributed by atoms with Gasteiger partial charge in [-0.1, -0.05) is 12.1 Å². The molecule has 0 aliphatic heterocycles. The van der Waals surface area contributed by atoms with E-state index in [0.717, 1.165) is 15.2 Å². The van der Waals surface area contributed by atoms with Gasteiger partial charge in [-0.2, -0.15) is 0 Å². The zero-order valence-electron chi connectivity index (χ0n) is 9.90. The van der Waals surface area contributed by atoms with Crippen LogP contribution in [-0.2, 0) is 11.3 Å². The van der Waals surface area contributed by atoms with Gasteiger partial charge in [-0.3, -0.25) is 0 Å². The molecule has 98 valence electrons. The molecule has 0 aliphatic carbocycles. The van der Waals surface area contributed by atoms with E-state index in [0.29, 0.717) is 0 Å². The molecule has 0 saturated heterocycles. The van der Waals surface area contributed by atoms with Gasteiger partial charge in [-0.25, -0.2) is 9.18 Å². The van der Waals surface area contributed by atoms with Gasteiger partial charge in [0.2, 0.25) is 0 Å². The number of carbonyl (C=O) groups is 1. The minimum absolute atomic E-state index is 0.0660. The van der Waals surface area contributed by atoms with E-state index in [-0.39, 0.29) is 17.9 Å². The summed E-state index contributed by atoms with van der Waals surface area (Å²) in [6.07, 6.45) is 0. The van der Waals surface area contributed by atoms with Crippen molar-refractivity contribution in [1.82, 2.24) is 0 Å². The molecule has 0 atom stereocenters. The van der Waals surface area contributed by atoms with Crippen molar-refractivity contribution < 1.29 is 13.9 Å². The Hall–Kier alpha value is -1.63. The number of ether oxygens (including phenoxy) is 1. The highest BCUT2D eigenvalue weighted by Gasteiger charge is 2.09. The van der Waals surface area contributed by atoms with Crippen molar-refractivity contribution in [3.05, 3.63) is 63.0 Å². The molecule has 0 radical (unpaired) electrons. The fraction of sp³-hybridized carbons (Fsp3) is 0.0714. The van der Waals surface area contributed by atoms with E-state index < -0.39 is 11.8 Å². The third-order valence-electron chi connectivity index (χ3n) is 2.51. The number of esters is 1. The number of nitrogen functional groups attached to an aromatic ring is 1. The standard InChI is InChI=1S/C14H11FINO2/c15-12-6-3-10(7-13(12)17)14(18)19-8-9-1-4-11(16)5-2-9/h1-7H,8,17H2. The van der Waals surface area contributed by atoms with Gasteiger partial charge in [0.1, 0.15) is 12.4 Å². The maximum atomic E-state index is 13.0. The normalized spacial score (nSPS) is 10.2. The van der Waals surface area contributed by atoms with Crippen LogP contribution in [0.5, 0.6) is 0 Å². The molecule has 0 bridgehead atoms. The predicted molar refractivity (Wildman–Crippen MR) is 79.1 cm³/mol. The van der Waals surface area contributed by atoms with Crippen LogP contribution in [0, 0.1) is 9.39 Å². The first kappa shape index (κ1) is 13.8. The number of carbonyl (C=O) groups excluding carboxylic acids is 1. The van der Waals surface area contributed by atoms with Crippen molar-refractivity contribution in [2.75, 3.05) is 5.73 Å². The molecule has 0 fully saturated rings. The average Bonchev–Trinajstić information content (AvgIpc) is 2.41. The van der Waals surface area contributed by atoms with Crippen LogP contribution < -0.4 is 5.73 Å². The lowest BCUT2D eigenvalue weighted by atomic mass is 10.2. The van der Waals surface area contributed by atoms with E-state index in [4.69, 9.17) is 10.5 Å². The topological polar surface area (TPSA) is 52.3 Å². The van der Waals surface area contributed by atoms with Gasteiger partial charge in [-0.15, -0.1) is 0 Å². The Bertz CT molecular complexity index is 599. The zero-order chi connectivity index (χ0) is 13.8. The fourth-order valence-electron chi connectivity index (χ4n) is 1.48. The van der Waals surface area contributed by atoms with Gasteiger partial charge in [0.15, 0.2) is 0 Å². The molecule has 0 amide bonds. The molecule has 2 aromatic rings. The Morgan fingerprint density at radius 1 is 1.21 bits per heavy atom. The van der Waals surface area contributed by atoms with Crippen molar-refractivity contribution in [2.24, 2.45) is 0 Å². The van der Waals surface area contributed by atoms with Crippen LogP contribution in [0.2, 0.25) is 0 Å². The number of hydrogen-bond donors (Lipinski definition) is 1. The Balaban J connectivity index is 2.01. The van der Waals surface area contributed by atoms with Crippen LogP contribution >= 0.6 is 22.6 Å². The van der Waals surface area contributed by atoms with Gasteiger partial charge in [0.05, 0.1) is 11.3 Å². The second-order valence-corrected chi connectivity index (χ2v) is 5.18. The molecule has 0 saturated carbocycles. The summed E-state index contributed by atoms with van der Waals surface area (Å²) in [5, 5.41) is 0. The number of hydrogen-bond acceptors (Lipinski definition) is 3. The van der Waals surface area contributed by atoms with Crippen LogP contribution in [0.25, 0.3) is 0 Å². The minimum atomic E-state index is -0.547. The van der Waals surface area contributed by atoms with Crippen molar-refractivity contribution in [2.45, 2.75) is 6.61 Å². The first-order valence-corrected chi connectivity index (χ1v) is 6.61. The van der Waals surface area contributed by atoms with Gasteiger partial charge < -0.3 is 10.5 Å². The second-order valence-electron chi connectivity index (χ2n) is 3.94. The van der Waals surface area contributed by atoms with Crippen molar-refractivity contribution in [3.8, 4) is 0 Å². The highest BCUT2D eigenvalue weighted by molar-refractivity contribution is 14.1. The summed E-state index contributed by atoms with van der Waals surface area (Å²) >= 11 is 2.20. The molecule has 5 heteroatoms. The van der Waals surface area contributed by atoms with Gasteiger partial charge in [0.25, 0.3) is 0 Å². The summed E-state index contributed by atoms with van der Waals surface area (Å²) in [7, 11) is 0. The van der Waals surface area contributed by atoms with Gasteiger partial charge >= 0.3 is 5.97 Å². The lowest BCUT2D eigenvalue weighted by molar-refractivity contribution is 0.0472. The summed E-state index contributed by atoms with van der Waals surface area (Å²) in [5.41, 5.74) is 6.47. The molecule has 0 aliphatic rings. The Morgan fingerprint density at radius 2 is 1.89 bits per heavy atom. The first-order chi connectivity index (χ1) is 9.06. The molecule has 0 aromatic heterocycles. The van der Waals surface area contributed by atoms with Crippen LogP contribution in [0.3, 0.4) is 0 Å². The highest BCUT2D eigenvalue weighted by atomic mass is 127. The molecular weight excluding hydrogens is 360 g/mol. The number of anilines is 1. The van der Waals surface area contributed by atoms with Gasteiger partial charge in [0, 0.05) is 3.57 Å². The third-order valence-corrected chi connectivity index (χ3v) is 3.23. The van der Waals surface area contributed by atoms with E-state index in [1.165, 1.54) is 12.1 Å². The summed E-state index contributed by atoms with van der Waals surface area (Å²) in [6.45, 7) is 0.174. The van der Waals surface area contributed by atoms with E-state index in [9.17, 15) is 9.18 Å². The molecule has 2 N–H and O–H groups in total. The molecule has 2 rings (SSSR count). The third kappa shape index (κ3) is 3.66. The summed E-state index contributed by atoms with van der Waals surface area (Å²) < 4.78 is 19.2. The highest BCUT2D eigenvalue weighted by Crippen LogP contribution is 2.14. The molecular formula is C14H11FINO2. The van der Waals surface area contributed by atoms with E-state index in [2.05, 4.69) is 22.6 Å². The van der Waals surface area contributed by atoms with Crippen LogP contribution in [0.1, 0.15) is 15.9 Å². The molecule has 3 nitrogen and oxygen atoms in total. The summed E-state index contributed by atoms with van der Waals surface area (Å²) in [5.74, 6) is -1.07. The Labute approximate surface area is 123 Å². The monoisotopic (exact) mass is 371 g/mol. The largest absolute Gasteiger partial charge is 0.457 e. The lowest BCUT2D eigenvalue weighted by Gasteiger charge is -2.06. The van der Waals surface area contributed by atoms with Gasteiger partial charge in [-0.05, 0) is 58.5 Å². The number of rotatable bonds is 3. The number of nitrogens with two attached hydrogens (primary N) is 1. The lowest BCUT2D eigenvalue weighted by Crippen LogP contribution is -2.06. The van der Waals surface area contributed by atoms with Crippen LogP contribution in [-0.4, -0.2) is 5.97 Å². The summed E-state index contributed by atoms with van der Waals surface area (Å²) in [6, 6.07) is 11.4. The van der Waals surface area contributed by atoms with Crippen molar-refractivity contribution in [1.29, 1.82) is 0 Å². The molecule has 2 aromatic carbocycles. The Kier molecular flexibility index (Phi) is 4.36. The van der Waals surface area contributed by atoms with E-state index >= 15 is 0 Å². The minimum Gasteiger partial charge on any atom is -0.457 e. The van der Waals surface area contributed by atoms with Crippen LogP contribution in [0.15, 0.2) is 42.5 Å². The fourth-order valence-corrected chi connectivity index (χ4v) is 1.84. The SMILES string of the molecule is Nc1cc(C(=O)OCc2ccc(I)cc2)ccc1F. The predicted octanol–water partition coefficient (Wildman–Crippen LogP) is 3.37. The first-order valence-electron chi connectivity index (χ1n) is 5.53. The average molecular weight is 371 g/mol. The smallest absolute Gasteiger partial charge is 0.338 e. The molecule has 0 unspecified atom stereocenters. The molecule has 0 heterocycles. The Morgan fingerprint density at radius 3 is 2.53 bits per heavy atom. The quantitative estimate of drug-likeness (QED) is 0.512. The van der Waals surface area contributed by atoms with E-state index in [1.807, 2.05) is 24.3 Å². The maximum absolute atomic E-state index is 13.0. The second kappa shape index (κ2) is 6.01. The van der Waals surface area contributed by atoms with E-state index in [1.54, 1.807) is 0 Å². The zero-order valence-corrected chi connectivity index (χ0v) is 12.1. The van der Waals surface area contributed by atoms with Crippen molar-refractivity contribution >= 4 is 34.2 Å². The van der Waals surface area contributed by atoms with Crippen LogP contribution in [0.4, 0.5) is 10.1 Å². The van der Waals surface area contributed by atoms with Crippen molar-refractivity contribution in [3.63, 3.8) is 0 Å². The number of halogens is 2.